The molecule has 2 amide bonds. The van der Waals surface area contributed by atoms with E-state index in [0.29, 0.717) is 0 Å². The Morgan fingerprint density at radius 3 is 2.54 bits per heavy atom. The van der Waals surface area contributed by atoms with Gasteiger partial charge in [0.25, 0.3) is 0 Å². The number of urea groups is 1. The second-order valence-electron chi connectivity index (χ2n) is 5.97. The van der Waals surface area contributed by atoms with E-state index in [1.54, 1.807) is 12.4 Å². The zero-order chi connectivity index (χ0) is 17.4. The number of amides is 2. The number of rotatable bonds is 7. The van der Waals surface area contributed by atoms with E-state index in [1.165, 1.54) is 5.56 Å². The van der Waals surface area contributed by atoms with E-state index < -0.39 is 10.0 Å². The van der Waals surface area contributed by atoms with E-state index >= 15 is 0 Å². The summed E-state index contributed by atoms with van der Waals surface area (Å²) in [6.45, 7) is 3.22. The molecule has 1 aromatic rings. The van der Waals surface area contributed by atoms with Crippen LogP contribution in [-0.4, -0.2) is 62.8 Å². The minimum Gasteiger partial charge on any atom is -0.337 e. The molecule has 1 fully saturated rings. The van der Waals surface area contributed by atoms with Gasteiger partial charge in [-0.05, 0) is 30.5 Å². The Kier molecular flexibility index (Phi) is 6.95. The Hall–Kier alpha value is -1.71. The lowest BCUT2D eigenvalue weighted by Crippen LogP contribution is -2.48. The van der Waals surface area contributed by atoms with Gasteiger partial charge in [-0.15, -0.1) is 0 Å². The van der Waals surface area contributed by atoms with Crippen LogP contribution in [0.25, 0.3) is 0 Å². The van der Waals surface area contributed by atoms with Crippen LogP contribution in [0.3, 0.4) is 0 Å². The molecule has 1 saturated heterocycles. The minimum atomic E-state index is -3.21. The molecule has 0 saturated carbocycles. The zero-order valence-electron chi connectivity index (χ0n) is 13.9. The summed E-state index contributed by atoms with van der Waals surface area (Å²) < 4.78 is 24.1. The van der Waals surface area contributed by atoms with Crippen molar-refractivity contribution in [2.75, 3.05) is 32.4 Å². The normalized spacial score (nSPS) is 16.7. The van der Waals surface area contributed by atoms with Crippen LogP contribution >= 0.6 is 0 Å². The fourth-order valence-corrected chi connectivity index (χ4v) is 3.10. The van der Waals surface area contributed by atoms with Crippen molar-refractivity contribution in [2.45, 2.75) is 25.4 Å². The molecular weight excluding hydrogens is 330 g/mol. The minimum absolute atomic E-state index is 0.154. The summed E-state index contributed by atoms with van der Waals surface area (Å²) in [7, 11) is -3.21. The molecule has 8 nitrogen and oxygen atoms in total. The maximum Gasteiger partial charge on any atom is 0.315 e. The largest absolute Gasteiger partial charge is 0.337 e. The van der Waals surface area contributed by atoms with Crippen molar-refractivity contribution in [1.29, 1.82) is 0 Å². The van der Waals surface area contributed by atoms with Gasteiger partial charge in [0, 0.05) is 51.2 Å². The molecule has 2 rings (SSSR count). The van der Waals surface area contributed by atoms with Crippen molar-refractivity contribution in [3.8, 4) is 0 Å². The van der Waals surface area contributed by atoms with Gasteiger partial charge in [-0.25, -0.2) is 17.9 Å². The van der Waals surface area contributed by atoms with Gasteiger partial charge in [-0.3, -0.25) is 9.88 Å². The van der Waals surface area contributed by atoms with Gasteiger partial charge in [-0.2, -0.15) is 0 Å². The smallest absolute Gasteiger partial charge is 0.315 e. The van der Waals surface area contributed by atoms with Crippen molar-refractivity contribution < 1.29 is 13.2 Å². The van der Waals surface area contributed by atoms with Crippen molar-refractivity contribution in [2.24, 2.45) is 0 Å². The van der Waals surface area contributed by atoms with Crippen LogP contribution in [0.4, 0.5) is 4.79 Å². The third-order valence-corrected chi connectivity index (χ3v) is 4.58. The number of aromatic nitrogens is 1. The lowest BCUT2D eigenvalue weighted by molar-refractivity contribution is 0.186. The second kappa shape index (κ2) is 8.95. The highest BCUT2D eigenvalue weighted by Crippen LogP contribution is 2.13. The molecular formula is C15H25N5O3S. The fraction of sp³-hybridized carbons (Fsp3) is 0.600. The van der Waals surface area contributed by atoms with Gasteiger partial charge in [0.1, 0.15) is 0 Å². The molecule has 3 N–H and O–H groups in total. The molecule has 0 atom stereocenters. The fourth-order valence-electron chi connectivity index (χ4n) is 2.63. The van der Waals surface area contributed by atoms with E-state index in [-0.39, 0.29) is 25.2 Å². The van der Waals surface area contributed by atoms with Gasteiger partial charge in [0.15, 0.2) is 0 Å². The second-order valence-corrected chi connectivity index (χ2v) is 7.81. The maximum atomic E-state index is 11.8. The third-order valence-electron chi connectivity index (χ3n) is 3.85. The highest BCUT2D eigenvalue weighted by atomic mass is 32.2. The first-order chi connectivity index (χ1) is 11.4. The first kappa shape index (κ1) is 18.6. The topological polar surface area (TPSA) is 103 Å². The van der Waals surface area contributed by atoms with Gasteiger partial charge in [-0.1, -0.05) is 0 Å². The van der Waals surface area contributed by atoms with Crippen LogP contribution in [0.1, 0.15) is 18.4 Å². The molecule has 24 heavy (non-hydrogen) atoms. The number of piperidine rings is 1. The molecule has 1 aromatic heterocycles. The zero-order valence-corrected chi connectivity index (χ0v) is 14.7. The predicted molar refractivity (Wildman–Crippen MR) is 91.9 cm³/mol. The summed E-state index contributed by atoms with van der Waals surface area (Å²) >= 11 is 0. The lowest BCUT2D eigenvalue weighted by Gasteiger charge is -2.32. The molecule has 0 radical (unpaired) electrons. The molecule has 1 aliphatic heterocycles. The van der Waals surface area contributed by atoms with E-state index in [2.05, 4.69) is 25.2 Å². The average molecular weight is 355 g/mol. The number of likely N-dealkylation sites (tertiary alicyclic amines) is 1. The highest BCUT2D eigenvalue weighted by molar-refractivity contribution is 7.88. The first-order valence-electron chi connectivity index (χ1n) is 8.02. The molecule has 0 aliphatic carbocycles. The number of hydrogen-bond donors (Lipinski definition) is 3. The van der Waals surface area contributed by atoms with Crippen LogP contribution in [-0.2, 0) is 16.6 Å². The van der Waals surface area contributed by atoms with Crippen LogP contribution in [0.2, 0.25) is 0 Å². The van der Waals surface area contributed by atoms with Crippen LogP contribution in [0.15, 0.2) is 24.5 Å². The van der Waals surface area contributed by atoms with Crippen LogP contribution in [0.5, 0.6) is 0 Å². The molecule has 1 aliphatic rings. The van der Waals surface area contributed by atoms with Crippen LogP contribution < -0.4 is 15.4 Å². The van der Waals surface area contributed by atoms with Gasteiger partial charge < -0.3 is 10.6 Å². The number of sulfonamides is 1. The van der Waals surface area contributed by atoms with Crippen molar-refractivity contribution >= 4 is 16.1 Å². The number of nitrogens with one attached hydrogen (secondary N) is 3. The Bertz CT molecular complexity index is 615. The summed E-state index contributed by atoms with van der Waals surface area (Å²) in [6.07, 6.45) is 6.49. The number of carbonyl (C=O) groups excluding carboxylic acids is 1. The Labute approximate surface area is 143 Å². The lowest BCUT2D eigenvalue weighted by atomic mass is 10.0. The number of nitrogens with zero attached hydrogens (tertiary/aromatic N) is 2. The Balaban J connectivity index is 1.61. The Morgan fingerprint density at radius 2 is 1.92 bits per heavy atom. The van der Waals surface area contributed by atoms with E-state index in [1.807, 2.05) is 12.1 Å². The van der Waals surface area contributed by atoms with Crippen molar-refractivity contribution in [1.82, 2.24) is 25.2 Å². The SMILES string of the molecule is CS(=O)(=O)NCCNC(=O)NC1CCN(Cc2ccncc2)CC1. The molecule has 134 valence electrons. The molecule has 0 unspecified atom stereocenters. The Morgan fingerprint density at radius 1 is 1.25 bits per heavy atom. The van der Waals surface area contributed by atoms with Gasteiger partial charge in [0.05, 0.1) is 6.26 Å². The standard InChI is InChI=1S/C15H25N5O3S/c1-24(22,23)18-9-8-17-15(21)19-14-4-10-20(11-5-14)12-13-2-6-16-7-3-13/h2-3,6-7,14,18H,4-5,8-12H2,1H3,(H2,17,19,21). The summed E-state index contributed by atoms with van der Waals surface area (Å²) in [5.74, 6) is 0. The third kappa shape index (κ3) is 7.24. The van der Waals surface area contributed by atoms with Crippen LogP contribution in [0, 0.1) is 0 Å². The molecule has 0 aromatic carbocycles. The van der Waals surface area contributed by atoms with Crippen molar-refractivity contribution in [3.63, 3.8) is 0 Å². The number of carbonyl (C=O) groups is 1. The first-order valence-corrected chi connectivity index (χ1v) is 9.92. The summed E-state index contributed by atoms with van der Waals surface area (Å²) in [5.41, 5.74) is 1.24. The molecule has 9 heteroatoms. The monoisotopic (exact) mass is 355 g/mol. The summed E-state index contributed by atoms with van der Waals surface area (Å²) in [5, 5.41) is 5.59. The van der Waals surface area contributed by atoms with Gasteiger partial charge >= 0.3 is 6.03 Å². The molecule has 0 bridgehead atoms. The quantitative estimate of drug-likeness (QED) is 0.593. The number of hydrogen-bond acceptors (Lipinski definition) is 5. The summed E-state index contributed by atoms with van der Waals surface area (Å²) in [4.78, 5) is 18.2. The van der Waals surface area contributed by atoms with E-state index in [0.717, 1.165) is 38.7 Å². The highest BCUT2D eigenvalue weighted by Gasteiger charge is 2.20. The summed E-state index contributed by atoms with van der Waals surface area (Å²) in [6, 6.07) is 3.93. The van der Waals surface area contributed by atoms with E-state index in [9.17, 15) is 13.2 Å². The maximum absolute atomic E-state index is 11.8. The molecule has 2 heterocycles. The van der Waals surface area contributed by atoms with Gasteiger partial charge in [0.2, 0.25) is 10.0 Å². The molecule has 0 spiro atoms. The van der Waals surface area contributed by atoms with E-state index in [4.69, 9.17) is 0 Å². The number of pyridine rings is 1. The average Bonchev–Trinajstić information content (AvgIpc) is 2.54. The predicted octanol–water partition coefficient (Wildman–Crippen LogP) is -0.106. The van der Waals surface area contributed by atoms with Crippen molar-refractivity contribution in [3.05, 3.63) is 30.1 Å².